The van der Waals surface area contributed by atoms with E-state index in [2.05, 4.69) is 6.58 Å². The summed E-state index contributed by atoms with van der Waals surface area (Å²) < 4.78 is 44.7. The first-order valence-corrected chi connectivity index (χ1v) is 7.40. The molecule has 0 aromatic heterocycles. The highest BCUT2D eigenvalue weighted by atomic mass is 32.1. The number of likely N-dealkylation sites (tertiary alicyclic amines) is 1. The van der Waals surface area contributed by atoms with Crippen LogP contribution in [0.25, 0.3) is 0 Å². The molecule has 1 aromatic rings. The van der Waals surface area contributed by atoms with Crippen LogP contribution in [0.2, 0.25) is 0 Å². The number of halogens is 3. The fraction of sp³-hybridized carbons (Fsp3) is 0.333. The van der Waals surface area contributed by atoms with Crippen LogP contribution in [0.3, 0.4) is 0 Å². The summed E-state index contributed by atoms with van der Waals surface area (Å²) in [5.41, 5.74) is 0.722. The molecule has 1 atom stereocenters. The van der Waals surface area contributed by atoms with Gasteiger partial charge in [0.25, 0.3) is 5.91 Å². The van der Waals surface area contributed by atoms with Crippen molar-refractivity contribution in [1.29, 1.82) is 0 Å². The number of nitrogens with zero attached hydrogens (tertiary/aromatic N) is 1. The summed E-state index contributed by atoms with van der Waals surface area (Å²) in [6.45, 7) is 3.76. The minimum atomic E-state index is -4.61. The molecule has 24 heavy (non-hydrogen) atoms. The van der Waals surface area contributed by atoms with Gasteiger partial charge in [0, 0.05) is 12.1 Å². The van der Waals surface area contributed by atoms with E-state index in [-0.39, 0.29) is 22.9 Å². The standard InChI is InChI=1S/C15H15F3N2O3S/c1-2-7-23-12-4-3-9(8-10(12)15(16,17)18)14(24)20-6-5-11(20)13(21)19-22/h2-4,8,11,22H,1,5-7H2,(H,19,21)/t11-/m1/s1. The molecule has 1 saturated heterocycles. The molecule has 1 aliphatic heterocycles. The van der Waals surface area contributed by atoms with Gasteiger partial charge in [0.05, 0.1) is 5.56 Å². The molecule has 1 aromatic carbocycles. The van der Waals surface area contributed by atoms with Crippen LogP contribution >= 0.6 is 12.2 Å². The molecule has 1 amide bonds. The SMILES string of the molecule is C=CCOc1ccc(C(=S)N2CC[C@@H]2C(=O)NO)cc1C(F)(F)F. The highest BCUT2D eigenvalue weighted by Gasteiger charge is 2.38. The summed E-state index contributed by atoms with van der Waals surface area (Å²) in [5, 5.41) is 8.67. The van der Waals surface area contributed by atoms with Crippen molar-refractivity contribution in [3.05, 3.63) is 42.0 Å². The quantitative estimate of drug-likeness (QED) is 0.366. The number of amides is 1. The van der Waals surface area contributed by atoms with Crippen molar-refractivity contribution in [2.75, 3.05) is 13.2 Å². The predicted octanol–water partition coefficient (Wildman–Crippen LogP) is 2.53. The molecule has 130 valence electrons. The molecule has 2 N–H and O–H groups in total. The molecule has 9 heteroatoms. The van der Waals surface area contributed by atoms with E-state index >= 15 is 0 Å². The number of hydrogen-bond donors (Lipinski definition) is 2. The van der Waals surface area contributed by atoms with E-state index in [4.69, 9.17) is 22.2 Å². The van der Waals surface area contributed by atoms with Crippen LogP contribution in [0.1, 0.15) is 17.5 Å². The van der Waals surface area contributed by atoms with E-state index in [1.807, 2.05) is 0 Å². The summed E-state index contributed by atoms with van der Waals surface area (Å²) in [7, 11) is 0. The first-order chi connectivity index (χ1) is 11.3. The number of hydrogen-bond acceptors (Lipinski definition) is 4. The molecule has 1 heterocycles. The summed E-state index contributed by atoms with van der Waals surface area (Å²) in [5.74, 6) is -0.965. The Hall–Kier alpha value is -2.13. The van der Waals surface area contributed by atoms with E-state index in [0.717, 1.165) is 6.07 Å². The second-order valence-electron chi connectivity index (χ2n) is 5.09. The van der Waals surface area contributed by atoms with Crippen molar-refractivity contribution in [3.63, 3.8) is 0 Å². The number of benzene rings is 1. The number of ether oxygens (including phenoxy) is 1. The van der Waals surface area contributed by atoms with Crippen molar-refractivity contribution in [2.45, 2.75) is 18.6 Å². The number of thiocarbonyl (C=S) groups is 1. The molecular formula is C15H15F3N2O3S. The van der Waals surface area contributed by atoms with Gasteiger partial charge in [-0.1, -0.05) is 24.9 Å². The Morgan fingerprint density at radius 1 is 1.54 bits per heavy atom. The third-order valence-electron chi connectivity index (χ3n) is 3.58. The molecule has 5 nitrogen and oxygen atoms in total. The highest BCUT2D eigenvalue weighted by molar-refractivity contribution is 7.80. The zero-order chi connectivity index (χ0) is 17.9. The first-order valence-electron chi connectivity index (χ1n) is 6.99. The van der Waals surface area contributed by atoms with Gasteiger partial charge >= 0.3 is 6.18 Å². The number of carbonyl (C=O) groups excluding carboxylic acids is 1. The maximum absolute atomic E-state index is 13.2. The molecule has 0 aliphatic carbocycles. The van der Waals surface area contributed by atoms with Crippen molar-refractivity contribution in [2.24, 2.45) is 0 Å². The molecule has 0 bridgehead atoms. The van der Waals surface area contributed by atoms with Crippen LogP contribution < -0.4 is 10.2 Å². The average molecular weight is 360 g/mol. The largest absolute Gasteiger partial charge is 0.489 e. The summed E-state index contributed by atoms with van der Waals surface area (Å²) in [6.07, 6.45) is -2.81. The van der Waals surface area contributed by atoms with Crippen LogP contribution in [0.5, 0.6) is 5.75 Å². The summed E-state index contributed by atoms with van der Waals surface area (Å²) >= 11 is 5.19. The topological polar surface area (TPSA) is 61.8 Å². The monoisotopic (exact) mass is 360 g/mol. The van der Waals surface area contributed by atoms with E-state index in [9.17, 15) is 18.0 Å². The lowest BCUT2D eigenvalue weighted by molar-refractivity contribution is -0.139. The second kappa shape index (κ2) is 7.18. The number of rotatable bonds is 5. The van der Waals surface area contributed by atoms with Gasteiger partial charge in [0.15, 0.2) is 0 Å². The first kappa shape index (κ1) is 18.2. The smallest absolute Gasteiger partial charge is 0.419 e. The van der Waals surface area contributed by atoms with E-state index in [1.54, 1.807) is 0 Å². The van der Waals surface area contributed by atoms with Gasteiger partial charge in [-0.3, -0.25) is 10.0 Å². The molecule has 1 aliphatic rings. The maximum atomic E-state index is 13.2. The predicted molar refractivity (Wildman–Crippen MR) is 83.9 cm³/mol. The number of hydroxylamine groups is 1. The number of alkyl halides is 3. The van der Waals surface area contributed by atoms with Crippen LogP contribution in [0.4, 0.5) is 13.2 Å². The minimum Gasteiger partial charge on any atom is -0.489 e. The maximum Gasteiger partial charge on any atom is 0.419 e. The lowest BCUT2D eigenvalue weighted by Crippen LogP contribution is -2.57. The van der Waals surface area contributed by atoms with Crippen LogP contribution in [-0.4, -0.2) is 40.2 Å². The molecule has 0 saturated carbocycles. The normalized spacial score (nSPS) is 17.0. The molecule has 2 rings (SSSR count). The van der Waals surface area contributed by atoms with E-state index in [0.29, 0.717) is 13.0 Å². The van der Waals surface area contributed by atoms with Gasteiger partial charge in [-0.15, -0.1) is 0 Å². The van der Waals surface area contributed by atoms with Crippen LogP contribution in [0.15, 0.2) is 30.9 Å². The van der Waals surface area contributed by atoms with Crippen molar-refractivity contribution in [3.8, 4) is 5.75 Å². The number of carbonyl (C=O) groups is 1. The Kier molecular flexibility index (Phi) is 5.45. The third-order valence-corrected chi connectivity index (χ3v) is 4.05. The Morgan fingerprint density at radius 2 is 2.25 bits per heavy atom. The van der Waals surface area contributed by atoms with E-state index in [1.165, 1.54) is 28.6 Å². The zero-order valence-corrected chi connectivity index (χ0v) is 13.3. The fourth-order valence-electron chi connectivity index (χ4n) is 2.30. The van der Waals surface area contributed by atoms with Gasteiger partial charge in [-0.05, 0) is 24.6 Å². The van der Waals surface area contributed by atoms with Crippen molar-refractivity contribution in [1.82, 2.24) is 10.4 Å². The van der Waals surface area contributed by atoms with Gasteiger partial charge in [0.1, 0.15) is 23.4 Å². The summed E-state index contributed by atoms with van der Waals surface area (Å²) in [6, 6.07) is 2.80. The minimum absolute atomic E-state index is 0.0578. The fourth-order valence-corrected chi connectivity index (χ4v) is 2.65. The van der Waals surface area contributed by atoms with Crippen LogP contribution in [0, 0.1) is 0 Å². The van der Waals surface area contributed by atoms with Gasteiger partial charge in [0.2, 0.25) is 0 Å². The molecular weight excluding hydrogens is 345 g/mol. The Bertz CT molecular complexity index is 664. The Balaban J connectivity index is 2.29. The third kappa shape index (κ3) is 3.68. The second-order valence-corrected chi connectivity index (χ2v) is 5.47. The van der Waals surface area contributed by atoms with Crippen molar-refractivity contribution >= 4 is 23.1 Å². The lowest BCUT2D eigenvalue weighted by Gasteiger charge is -2.41. The molecule has 0 radical (unpaired) electrons. The Labute approximate surface area is 141 Å². The highest BCUT2D eigenvalue weighted by Crippen LogP contribution is 2.37. The van der Waals surface area contributed by atoms with E-state index < -0.39 is 23.7 Å². The van der Waals surface area contributed by atoms with Gasteiger partial charge in [-0.25, -0.2) is 5.48 Å². The van der Waals surface area contributed by atoms with Crippen molar-refractivity contribution < 1.29 is 27.9 Å². The van der Waals surface area contributed by atoms with Gasteiger partial charge in [-0.2, -0.15) is 13.2 Å². The average Bonchev–Trinajstić information content (AvgIpc) is 2.50. The van der Waals surface area contributed by atoms with Crippen LogP contribution in [-0.2, 0) is 11.0 Å². The Morgan fingerprint density at radius 3 is 2.75 bits per heavy atom. The molecule has 0 spiro atoms. The number of nitrogens with one attached hydrogen (secondary N) is 1. The molecule has 1 fully saturated rings. The van der Waals surface area contributed by atoms with Gasteiger partial charge < -0.3 is 9.64 Å². The lowest BCUT2D eigenvalue weighted by atomic mass is 10.00. The molecule has 0 unspecified atom stereocenters. The zero-order valence-electron chi connectivity index (χ0n) is 12.5. The summed E-state index contributed by atoms with van der Waals surface area (Å²) in [4.78, 5) is 13.0.